The van der Waals surface area contributed by atoms with E-state index in [4.69, 9.17) is 9.47 Å². The fraction of sp³-hybridized carbons (Fsp3) is 0.739. The molecule has 1 saturated heterocycles. The molecule has 1 aromatic rings. The second-order valence-electron chi connectivity index (χ2n) is 8.93. The summed E-state index contributed by atoms with van der Waals surface area (Å²) < 4.78 is 11.5. The molecule has 1 aromatic carbocycles. The highest BCUT2D eigenvalue weighted by Gasteiger charge is 2.41. The molecule has 0 spiro atoms. The van der Waals surface area contributed by atoms with Gasteiger partial charge in [-0.3, -0.25) is 4.90 Å². The van der Waals surface area contributed by atoms with Crippen molar-refractivity contribution < 1.29 is 14.6 Å². The SMILES string of the molecule is CN1Cc2cc(OCCCN3CCOCC3)ccc2C(C2(O)CCCCC2)C1. The van der Waals surface area contributed by atoms with Crippen LogP contribution in [-0.4, -0.2) is 73.6 Å². The van der Waals surface area contributed by atoms with Crippen molar-refractivity contribution >= 4 is 0 Å². The van der Waals surface area contributed by atoms with E-state index in [1.54, 1.807) is 0 Å². The third-order valence-corrected chi connectivity index (χ3v) is 6.78. The number of hydrogen-bond donors (Lipinski definition) is 1. The topological polar surface area (TPSA) is 45.2 Å². The molecule has 1 aliphatic carbocycles. The summed E-state index contributed by atoms with van der Waals surface area (Å²) >= 11 is 0. The first-order valence-electron chi connectivity index (χ1n) is 11.1. The van der Waals surface area contributed by atoms with E-state index >= 15 is 0 Å². The molecule has 1 unspecified atom stereocenters. The first-order chi connectivity index (χ1) is 13.6. The van der Waals surface area contributed by atoms with Gasteiger partial charge in [-0.2, -0.15) is 0 Å². The van der Waals surface area contributed by atoms with Gasteiger partial charge in [0, 0.05) is 38.6 Å². The smallest absolute Gasteiger partial charge is 0.119 e. The number of likely N-dealkylation sites (N-methyl/N-ethyl adjacent to an activating group) is 1. The number of ether oxygens (including phenoxy) is 2. The number of fused-ring (bicyclic) bond motifs is 1. The van der Waals surface area contributed by atoms with Crippen molar-refractivity contribution in [3.05, 3.63) is 29.3 Å². The summed E-state index contributed by atoms with van der Waals surface area (Å²) in [4.78, 5) is 4.80. The first-order valence-corrected chi connectivity index (χ1v) is 11.1. The minimum atomic E-state index is -0.539. The van der Waals surface area contributed by atoms with Crippen LogP contribution in [0.2, 0.25) is 0 Å². The van der Waals surface area contributed by atoms with Crippen molar-refractivity contribution in [3.8, 4) is 5.75 Å². The van der Waals surface area contributed by atoms with Crippen LogP contribution in [0.3, 0.4) is 0 Å². The second-order valence-corrected chi connectivity index (χ2v) is 8.93. The summed E-state index contributed by atoms with van der Waals surface area (Å²) in [6, 6.07) is 6.54. The van der Waals surface area contributed by atoms with Crippen molar-refractivity contribution in [1.29, 1.82) is 0 Å². The molecule has 2 fully saturated rings. The van der Waals surface area contributed by atoms with Gasteiger partial charge < -0.3 is 19.5 Å². The number of rotatable bonds is 6. The zero-order valence-corrected chi connectivity index (χ0v) is 17.4. The number of benzene rings is 1. The number of morpholine rings is 1. The maximum absolute atomic E-state index is 11.4. The Morgan fingerprint density at radius 2 is 1.96 bits per heavy atom. The van der Waals surface area contributed by atoms with Crippen LogP contribution in [0, 0.1) is 0 Å². The van der Waals surface area contributed by atoms with Gasteiger partial charge in [-0.1, -0.05) is 25.3 Å². The molecule has 0 bridgehead atoms. The van der Waals surface area contributed by atoms with E-state index < -0.39 is 5.60 Å². The average molecular weight is 389 g/mol. The average Bonchev–Trinajstić information content (AvgIpc) is 2.72. The fourth-order valence-electron chi connectivity index (χ4n) is 5.19. The zero-order chi connectivity index (χ0) is 19.4. The van der Waals surface area contributed by atoms with E-state index in [1.165, 1.54) is 17.5 Å². The highest BCUT2D eigenvalue weighted by atomic mass is 16.5. The van der Waals surface area contributed by atoms with Crippen molar-refractivity contribution in [3.63, 3.8) is 0 Å². The molecule has 5 heteroatoms. The summed E-state index contributed by atoms with van der Waals surface area (Å²) in [5.74, 6) is 1.18. The molecule has 1 atom stereocenters. The van der Waals surface area contributed by atoms with Crippen LogP contribution in [0.1, 0.15) is 55.6 Å². The van der Waals surface area contributed by atoms with Crippen LogP contribution in [-0.2, 0) is 11.3 Å². The van der Waals surface area contributed by atoms with E-state index in [2.05, 4.69) is 35.0 Å². The zero-order valence-electron chi connectivity index (χ0n) is 17.4. The lowest BCUT2D eigenvalue weighted by atomic mass is 9.70. The van der Waals surface area contributed by atoms with E-state index in [0.29, 0.717) is 0 Å². The van der Waals surface area contributed by atoms with Crippen LogP contribution in [0.4, 0.5) is 0 Å². The van der Waals surface area contributed by atoms with Gasteiger partial charge in [0.15, 0.2) is 0 Å². The second kappa shape index (κ2) is 9.12. The standard InChI is InChI=1S/C23H36N2O3/c1-24-17-19-16-20(28-13-5-10-25-11-14-27-15-12-25)6-7-21(19)22(18-24)23(26)8-3-2-4-9-23/h6-7,16,22,26H,2-5,8-15,17-18H2,1H3. The van der Waals surface area contributed by atoms with Gasteiger partial charge in [-0.15, -0.1) is 0 Å². The van der Waals surface area contributed by atoms with Crippen LogP contribution >= 0.6 is 0 Å². The van der Waals surface area contributed by atoms with Crippen molar-refractivity contribution in [2.45, 2.75) is 56.6 Å². The third kappa shape index (κ3) is 4.70. The number of hydrogen-bond acceptors (Lipinski definition) is 5. The van der Waals surface area contributed by atoms with Crippen molar-refractivity contribution in [2.24, 2.45) is 0 Å². The summed E-state index contributed by atoms with van der Waals surface area (Å²) in [5.41, 5.74) is 2.12. The maximum Gasteiger partial charge on any atom is 0.119 e. The Hall–Kier alpha value is -1.14. The molecular formula is C23H36N2O3. The Labute approximate surface area is 169 Å². The van der Waals surface area contributed by atoms with Crippen LogP contribution < -0.4 is 4.74 Å². The minimum absolute atomic E-state index is 0.219. The van der Waals surface area contributed by atoms with Crippen LogP contribution in [0.15, 0.2) is 18.2 Å². The highest BCUT2D eigenvalue weighted by molar-refractivity contribution is 5.41. The Morgan fingerprint density at radius 3 is 2.75 bits per heavy atom. The molecular weight excluding hydrogens is 352 g/mol. The molecule has 28 heavy (non-hydrogen) atoms. The molecule has 2 aliphatic heterocycles. The summed E-state index contributed by atoms with van der Waals surface area (Å²) in [6.45, 7) is 7.49. The largest absolute Gasteiger partial charge is 0.494 e. The van der Waals surface area contributed by atoms with Gasteiger partial charge in [0.05, 0.1) is 25.4 Å². The molecule has 1 saturated carbocycles. The molecule has 2 heterocycles. The summed E-state index contributed by atoms with van der Waals surface area (Å²) in [7, 11) is 2.16. The van der Waals surface area contributed by atoms with Gasteiger partial charge in [0.2, 0.25) is 0 Å². The lowest BCUT2D eigenvalue weighted by molar-refractivity contribution is -0.0333. The van der Waals surface area contributed by atoms with Crippen molar-refractivity contribution in [2.75, 3.05) is 53.0 Å². The lowest BCUT2D eigenvalue weighted by Gasteiger charge is -2.44. The summed E-state index contributed by atoms with van der Waals surface area (Å²) in [6.07, 6.45) is 6.47. The molecule has 4 rings (SSSR count). The van der Waals surface area contributed by atoms with E-state index in [-0.39, 0.29) is 5.92 Å². The van der Waals surface area contributed by atoms with Gasteiger partial charge in [-0.25, -0.2) is 0 Å². The Morgan fingerprint density at radius 1 is 1.18 bits per heavy atom. The van der Waals surface area contributed by atoms with Gasteiger partial charge >= 0.3 is 0 Å². The van der Waals surface area contributed by atoms with Crippen LogP contribution in [0.25, 0.3) is 0 Å². The fourth-order valence-corrected chi connectivity index (χ4v) is 5.19. The molecule has 156 valence electrons. The Balaban J connectivity index is 1.37. The van der Waals surface area contributed by atoms with Gasteiger partial charge in [0.1, 0.15) is 5.75 Å². The predicted octanol–water partition coefficient (Wildman–Crippen LogP) is 3.01. The van der Waals surface area contributed by atoms with Gasteiger partial charge in [-0.05, 0) is 49.6 Å². The molecule has 5 nitrogen and oxygen atoms in total. The summed E-state index contributed by atoms with van der Waals surface area (Å²) in [5, 5.41) is 11.4. The van der Waals surface area contributed by atoms with E-state index in [0.717, 1.165) is 90.4 Å². The molecule has 0 radical (unpaired) electrons. The maximum atomic E-state index is 11.4. The molecule has 0 aromatic heterocycles. The molecule has 1 N–H and O–H groups in total. The predicted molar refractivity (Wildman–Crippen MR) is 111 cm³/mol. The number of nitrogens with zero attached hydrogens (tertiary/aromatic N) is 2. The van der Waals surface area contributed by atoms with E-state index in [9.17, 15) is 5.11 Å². The Bertz CT molecular complexity index is 639. The van der Waals surface area contributed by atoms with Crippen LogP contribution in [0.5, 0.6) is 5.75 Å². The number of aliphatic hydroxyl groups is 1. The minimum Gasteiger partial charge on any atom is -0.494 e. The highest BCUT2D eigenvalue weighted by Crippen LogP contribution is 2.44. The lowest BCUT2D eigenvalue weighted by Crippen LogP contribution is -2.46. The molecule has 0 amide bonds. The third-order valence-electron chi connectivity index (χ3n) is 6.78. The molecule has 3 aliphatic rings. The first kappa shape index (κ1) is 20.1. The van der Waals surface area contributed by atoms with Crippen molar-refractivity contribution in [1.82, 2.24) is 9.80 Å². The van der Waals surface area contributed by atoms with Gasteiger partial charge in [0.25, 0.3) is 0 Å². The Kier molecular flexibility index (Phi) is 6.56. The van der Waals surface area contributed by atoms with E-state index in [1.807, 2.05) is 0 Å². The monoisotopic (exact) mass is 388 g/mol. The normalized spacial score (nSPS) is 26.0. The quantitative estimate of drug-likeness (QED) is 0.759.